The summed E-state index contributed by atoms with van der Waals surface area (Å²) in [6.45, 7) is 6.55. The van der Waals surface area contributed by atoms with Crippen LogP contribution >= 0.6 is 11.6 Å². The number of carbonyl (C=O) groups is 1. The third-order valence-electron chi connectivity index (χ3n) is 5.41. The van der Waals surface area contributed by atoms with Crippen molar-refractivity contribution < 1.29 is 9.53 Å². The van der Waals surface area contributed by atoms with Crippen LogP contribution in [0.15, 0.2) is 66.9 Å². The second-order valence-corrected chi connectivity index (χ2v) is 7.77. The molecule has 5 heteroatoms. The van der Waals surface area contributed by atoms with Crippen molar-refractivity contribution in [1.82, 2.24) is 9.78 Å². The van der Waals surface area contributed by atoms with E-state index in [2.05, 4.69) is 5.10 Å². The molecule has 1 aromatic heterocycles. The Labute approximate surface area is 177 Å². The molecule has 3 aromatic rings. The van der Waals surface area contributed by atoms with Crippen molar-refractivity contribution in [1.29, 1.82) is 0 Å². The van der Waals surface area contributed by atoms with Crippen LogP contribution in [0.3, 0.4) is 0 Å². The molecular weight excluding hydrogens is 384 g/mol. The molecule has 0 aliphatic carbocycles. The second-order valence-electron chi connectivity index (χ2n) is 7.23. The molecule has 0 radical (unpaired) electrons. The number of benzene rings is 2. The third-order valence-corrected chi connectivity index (χ3v) is 5.41. The molecule has 4 rings (SSSR count). The minimum absolute atomic E-state index is 0.179. The monoisotopic (exact) mass is 410 g/mol. The van der Waals surface area contributed by atoms with E-state index in [9.17, 15) is 4.79 Å². The van der Waals surface area contributed by atoms with E-state index in [1.807, 2.05) is 92.3 Å². The van der Waals surface area contributed by atoms with Crippen LogP contribution in [-0.4, -0.2) is 27.7 Å². The minimum Gasteiger partial charge on any atom is -0.459 e. The van der Waals surface area contributed by atoms with Gasteiger partial charge in [-0.3, -0.25) is 9.48 Å². The summed E-state index contributed by atoms with van der Waals surface area (Å²) >= 11 is 5.00. The van der Waals surface area contributed by atoms with Crippen molar-refractivity contribution in [3.8, 4) is 0 Å². The van der Waals surface area contributed by atoms with Crippen molar-refractivity contribution in [3.05, 3.63) is 89.2 Å². The molecule has 1 fully saturated rings. The second kappa shape index (κ2) is 9.27. The molecule has 0 amide bonds. The topological polar surface area (TPSA) is 44.1 Å². The fourth-order valence-corrected chi connectivity index (χ4v) is 3.82. The molecule has 1 aliphatic heterocycles. The average molecular weight is 411 g/mol. The number of carbonyl (C=O) groups excluding carboxylic acids is 1. The van der Waals surface area contributed by atoms with Crippen LogP contribution in [0.2, 0.25) is 0 Å². The summed E-state index contributed by atoms with van der Waals surface area (Å²) in [4.78, 5) is 13.1. The molecular formula is C24H27ClN2O2. The van der Waals surface area contributed by atoms with Crippen molar-refractivity contribution in [3.63, 3.8) is 0 Å². The normalized spacial score (nSPS) is 17.4. The Balaban J connectivity index is 0.000000755. The number of hydrogen-bond acceptors (Lipinski definition) is 3. The molecule has 0 bridgehead atoms. The summed E-state index contributed by atoms with van der Waals surface area (Å²) in [6, 6.07) is 19.9. The van der Waals surface area contributed by atoms with Crippen molar-refractivity contribution in [2.45, 2.75) is 45.3 Å². The Morgan fingerprint density at radius 1 is 1.07 bits per heavy atom. The number of rotatable bonds is 4. The lowest BCUT2D eigenvalue weighted by Gasteiger charge is -2.26. The number of cyclic esters (lactones) is 1. The molecule has 29 heavy (non-hydrogen) atoms. The molecule has 2 aromatic carbocycles. The van der Waals surface area contributed by atoms with E-state index >= 15 is 0 Å². The predicted octanol–water partition coefficient (Wildman–Crippen LogP) is 5.05. The van der Waals surface area contributed by atoms with Gasteiger partial charge in [-0.05, 0) is 30.5 Å². The van der Waals surface area contributed by atoms with Gasteiger partial charge in [0.15, 0.2) is 0 Å². The Bertz CT molecular complexity index is 899. The first-order valence-electron chi connectivity index (χ1n) is 9.90. The number of esters is 1. The summed E-state index contributed by atoms with van der Waals surface area (Å²) < 4.78 is 7.78. The van der Waals surface area contributed by atoms with Gasteiger partial charge >= 0.3 is 5.97 Å². The number of aromatic nitrogens is 2. The van der Waals surface area contributed by atoms with Gasteiger partial charge in [0.1, 0.15) is 11.5 Å². The Morgan fingerprint density at radius 3 is 2.03 bits per heavy atom. The maximum Gasteiger partial charge on any atom is 0.321 e. The van der Waals surface area contributed by atoms with Crippen LogP contribution in [0, 0.1) is 13.8 Å². The van der Waals surface area contributed by atoms with E-state index in [1.165, 1.54) is 0 Å². The third kappa shape index (κ3) is 4.23. The smallest absolute Gasteiger partial charge is 0.321 e. The summed E-state index contributed by atoms with van der Waals surface area (Å²) in [7, 11) is 0. The average Bonchev–Trinajstić information content (AvgIpc) is 3.24. The van der Waals surface area contributed by atoms with Crippen LogP contribution in [0.5, 0.6) is 0 Å². The number of halogens is 1. The minimum atomic E-state index is -0.761. The van der Waals surface area contributed by atoms with Gasteiger partial charge in [-0.2, -0.15) is 5.10 Å². The highest BCUT2D eigenvalue weighted by molar-refractivity contribution is 6.17. The summed E-state index contributed by atoms with van der Waals surface area (Å²) in [5.41, 5.74) is 3.45. The van der Waals surface area contributed by atoms with Gasteiger partial charge < -0.3 is 4.74 Å². The van der Waals surface area contributed by atoms with Gasteiger partial charge in [-0.15, -0.1) is 11.6 Å². The van der Waals surface area contributed by atoms with Gasteiger partial charge in [-0.1, -0.05) is 67.6 Å². The largest absolute Gasteiger partial charge is 0.459 e. The molecule has 1 saturated heterocycles. The highest BCUT2D eigenvalue weighted by Crippen LogP contribution is 2.43. The van der Waals surface area contributed by atoms with Crippen molar-refractivity contribution in [2.75, 3.05) is 5.88 Å². The molecule has 4 nitrogen and oxygen atoms in total. The van der Waals surface area contributed by atoms with Gasteiger partial charge in [0.25, 0.3) is 0 Å². The van der Waals surface area contributed by atoms with E-state index in [1.54, 1.807) is 0 Å². The molecule has 1 atom stereocenters. The SMILES string of the molecule is CCCl.Cc1cnn(CC2CC(c3ccccc3)(c3ccccc3)C(=O)O2)c1C. The lowest BCUT2D eigenvalue weighted by Crippen LogP contribution is -2.33. The molecule has 0 spiro atoms. The van der Waals surface area contributed by atoms with Crippen LogP contribution in [0.4, 0.5) is 0 Å². The molecule has 1 unspecified atom stereocenters. The first-order valence-corrected chi connectivity index (χ1v) is 10.4. The lowest BCUT2D eigenvalue weighted by atomic mass is 9.72. The maximum absolute atomic E-state index is 13.1. The fraction of sp³-hybridized carbons (Fsp3) is 0.333. The summed E-state index contributed by atoms with van der Waals surface area (Å²) in [6.07, 6.45) is 2.26. The molecule has 0 saturated carbocycles. The summed E-state index contributed by atoms with van der Waals surface area (Å²) in [5.74, 6) is 0.543. The van der Waals surface area contributed by atoms with Crippen LogP contribution in [-0.2, 0) is 21.5 Å². The highest BCUT2D eigenvalue weighted by Gasteiger charge is 2.51. The first kappa shape index (κ1) is 21.1. The number of ether oxygens (including phenoxy) is 1. The standard InChI is InChI=1S/C22H22N2O2.C2H5Cl/c1-16-14-23-24(17(16)2)15-20-13-22(21(25)26-20,18-9-5-3-6-10-18)19-11-7-4-8-12-19;1-2-3/h3-12,14,20H,13,15H2,1-2H3;2H2,1H3. The lowest BCUT2D eigenvalue weighted by molar-refractivity contribution is -0.145. The van der Waals surface area contributed by atoms with E-state index in [-0.39, 0.29) is 12.1 Å². The van der Waals surface area contributed by atoms with Gasteiger partial charge in [0.2, 0.25) is 0 Å². The zero-order valence-electron chi connectivity index (χ0n) is 17.1. The molecule has 2 heterocycles. The van der Waals surface area contributed by atoms with E-state index in [0.29, 0.717) is 13.0 Å². The van der Waals surface area contributed by atoms with Crippen LogP contribution in [0.1, 0.15) is 35.7 Å². The maximum atomic E-state index is 13.1. The van der Waals surface area contributed by atoms with Gasteiger partial charge in [-0.25, -0.2) is 0 Å². The predicted molar refractivity (Wildman–Crippen MR) is 116 cm³/mol. The van der Waals surface area contributed by atoms with Crippen LogP contribution in [0.25, 0.3) is 0 Å². The Hall–Kier alpha value is -2.59. The molecule has 1 aliphatic rings. The molecule has 152 valence electrons. The van der Waals surface area contributed by atoms with Gasteiger partial charge in [0, 0.05) is 18.0 Å². The molecule has 0 N–H and O–H groups in total. The number of alkyl halides is 1. The quantitative estimate of drug-likeness (QED) is 0.446. The zero-order valence-corrected chi connectivity index (χ0v) is 17.9. The van der Waals surface area contributed by atoms with Crippen molar-refractivity contribution in [2.24, 2.45) is 0 Å². The first-order chi connectivity index (χ1) is 14.0. The number of nitrogens with zero attached hydrogens (tertiary/aromatic N) is 2. The Kier molecular flexibility index (Phi) is 6.75. The zero-order chi connectivity index (χ0) is 20.9. The highest BCUT2D eigenvalue weighted by atomic mass is 35.5. The van der Waals surface area contributed by atoms with E-state index in [4.69, 9.17) is 16.3 Å². The fourth-order valence-electron chi connectivity index (χ4n) is 3.82. The van der Waals surface area contributed by atoms with E-state index in [0.717, 1.165) is 28.3 Å². The van der Waals surface area contributed by atoms with Crippen molar-refractivity contribution >= 4 is 17.6 Å². The van der Waals surface area contributed by atoms with E-state index < -0.39 is 5.41 Å². The van der Waals surface area contributed by atoms with Gasteiger partial charge in [0.05, 0.1) is 12.7 Å². The Morgan fingerprint density at radius 2 is 1.59 bits per heavy atom. The number of hydrogen-bond donors (Lipinski definition) is 0. The summed E-state index contributed by atoms with van der Waals surface area (Å²) in [5, 5.41) is 4.42. The van der Waals surface area contributed by atoms with Crippen LogP contribution < -0.4 is 0 Å². The number of aryl methyl sites for hydroxylation is 1.